The maximum Gasteiger partial charge on any atom is 0.335 e. The molecule has 8 heteroatoms. The van der Waals surface area contributed by atoms with E-state index in [1.54, 1.807) is 37.3 Å². The third kappa shape index (κ3) is 4.16. The molecule has 0 fully saturated rings. The lowest BCUT2D eigenvalue weighted by Gasteiger charge is -2.25. The Labute approximate surface area is 145 Å². The first-order valence-electron chi connectivity index (χ1n) is 7.43. The molecule has 2 aromatic rings. The Morgan fingerprint density at radius 3 is 2.32 bits per heavy atom. The topological polar surface area (TPSA) is 118 Å². The third-order valence-corrected chi connectivity index (χ3v) is 5.58. The lowest BCUT2D eigenvalue weighted by Crippen LogP contribution is -2.34. The number of nitrogens with zero attached hydrogens (tertiary/aromatic N) is 1. The zero-order valence-corrected chi connectivity index (χ0v) is 14.4. The minimum absolute atomic E-state index is 0.124. The van der Waals surface area contributed by atoms with E-state index in [1.807, 2.05) is 0 Å². The van der Waals surface area contributed by atoms with E-state index in [0.717, 1.165) is 10.4 Å². The molecule has 2 aromatic carbocycles. The normalized spacial score (nSPS) is 11.1. The number of aryl methyl sites for hydroxylation is 1. The summed E-state index contributed by atoms with van der Waals surface area (Å²) in [7, 11) is -4.07. The number of aromatic carboxylic acids is 1. The molecule has 0 saturated carbocycles. The number of carbonyl (C=O) groups is 2. The van der Waals surface area contributed by atoms with Crippen LogP contribution >= 0.6 is 0 Å². The highest BCUT2D eigenvalue weighted by atomic mass is 32.2. The number of anilines is 1. The van der Waals surface area contributed by atoms with Crippen LogP contribution in [0.3, 0.4) is 0 Å². The molecule has 7 nitrogen and oxygen atoms in total. The van der Waals surface area contributed by atoms with Crippen molar-refractivity contribution >= 4 is 27.6 Å². The fraction of sp³-hybridized carbons (Fsp3) is 0.176. The fourth-order valence-corrected chi connectivity index (χ4v) is 4.04. The Bertz CT molecular complexity index is 895. The van der Waals surface area contributed by atoms with Crippen molar-refractivity contribution < 1.29 is 23.1 Å². The van der Waals surface area contributed by atoms with Crippen molar-refractivity contribution in [3.63, 3.8) is 0 Å². The summed E-state index contributed by atoms with van der Waals surface area (Å²) in [4.78, 5) is 22.2. The number of hydrogen-bond acceptors (Lipinski definition) is 4. The Morgan fingerprint density at radius 1 is 1.12 bits per heavy atom. The van der Waals surface area contributed by atoms with Crippen LogP contribution in [0.25, 0.3) is 0 Å². The summed E-state index contributed by atoms with van der Waals surface area (Å²) in [6, 6.07) is 12.2. The van der Waals surface area contributed by atoms with Gasteiger partial charge in [-0.3, -0.25) is 9.10 Å². The maximum absolute atomic E-state index is 13.1. The first-order chi connectivity index (χ1) is 11.7. The van der Waals surface area contributed by atoms with Gasteiger partial charge in [0.1, 0.15) is 0 Å². The average Bonchev–Trinajstić information content (AvgIpc) is 2.55. The highest BCUT2D eigenvalue weighted by Gasteiger charge is 2.27. The molecular weight excluding hydrogens is 344 g/mol. The van der Waals surface area contributed by atoms with E-state index in [9.17, 15) is 18.0 Å². The molecule has 0 bridgehead atoms. The Morgan fingerprint density at radius 2 is 1.76 bits per heavy atom. The number of amides is 1. The van der Waals surface area contributed by atoms with Crippen molar-refractivity contribution in [1.29, 1.82) is 0 Å². The number of primary amides is 1. The number of para-hydroxylation sites is 1. The van der Waals surface area contributed by atoms with Gasteiger partial charge in [-0.15, -0.1) is 0 Å². The van der Waals surface area contributed by atoms with Crippen LogP contribution in [0.5, 0.6) is 0 Å². The molecule has 1 amide bonds. The van der Waals surface area contributed by atoms with Gasteiger partial charge >= 0.3 is 5.97 Å². The van der Waals surface area contributed by atoms with E-state index in [1.165, 1.54) is 12.1 Å². The molecule has 25 heavy (non-hydrogen) atoms. The van der Waals surface area contributed by atoms with Crippen LogP contribution in [0.4, 0.5) is 5.69 Å². The molecule has 0 saturated heterocycles. The van der Waals surface area contributed by atoms with Crippen LogP contribution < -0.4 is 10.0 Å². The van der Waals surface area contributed by atoms with Gasteiger partial charge in [0.15, 0.2) is 0 Å². The Balaban J connectivity index is 2.57. The summed E-state index contributed by atoms with van der Waals surface area (Å²) in [5.74, 6) is -1.85. The Hall–Kier alpha value is -2.87. The minimum Gasteiger partial charge on any atom is -0.478 e. The molecule has 0 radical (unpaired) electrons. The van der Waals surface area contributed by atoms with Crippen molar-refractivity contribution in [3.05, 3.63) is 59.7 Å². The van der Waals surface area contributed by atoms with Gasteiger partial charge in [0.2, 0.25) is 5.91 Å². The van der Waals surface area contributed by atoms with E-state index in [2.05, 4.69) is 0 Å². The summed E-state index contributed by atoms with van der Waals surface area (Å²) < 4.78 is 27.3. The number of benzene rings is 2. The maximum atomic E-state index is 13.1. The number of nitrogens with two attached hydrogens (primary N) is 1. The van der Waals surface area contributed by atoms with Gasteiger partial charge in [0.25, 0.3) is 10.0 Å². The molecule has 2 rings (SSSR count). The first kappa shape index (κ1) is 18.5. The summed E-state index contributed by atoms with van der Waals surface area (Å²) >= 11 is 0. The summed E-state index contributed by atoms with van der Waals surface area (Å²) in [6.45, 7) is 1.44. The predicted molar refractivity (Wildman–Crippen MR) is 92.9 cm³/mol. The molecule has 3 N–H and O–H groups in total. The third-order valence-electron chi connectivity index (χ3n) is 3.61. The van der Waals surface area contributed by atoms with Crippen molar-refractivity contribution in [3.8, 4) is 0 Å². The second kappa shape index (κ2) is 7.35. The van der Waals surface area contributed by atoms with Crippen molar-refractivity contribution in [1.82, 2.24) is 0 Å². The number of sulfonamides is 1. The first-order valence-corrected chi connectivity index (χ1v) is 8.87. The van der Waals surface area contributed by atoms with Crippen LogP contribution in [0, 0.1) is 6.92 Å². The molecule has 0 aliphatic heterocycles. The smallest absolute Gasteiger partial charge is 0.335 e. The van der Waals surface area contributed by atoms with Gasteiger partial charge in [-0.2, -0.15) is 0 Å². The second-order valence-corrected chi connectivity index (χ2v) is 7.25. The molecular formula is C17H18N2O5S. The van der Waals surface area contributed by atoms with Crippen molar-refractivity contribution in [2.45, 2.75) is 18.2 Å². The van der Waals surface area contributed by atoms with E-state index in [4.69, 9.17) is 10.8 Å². The van der Waals surface area contributed by atoms with Crippen LogP contribution in [-0.2, 0) is 14.8 Å². The molecule has 132 valence electrons. The quantitative estimate of drug-likeness (QED) is 0.778. The number of carbonyl (C=O) groups excluding carboxylic acids is 1. The van der Waals surface area contributed by atoms with Crippen LogP contribution in [-0.4, -0.2) is 31.9 Å². The summed E-state index contributed by atoms with van der Waals surface area (Å²) in [5, 5.41) is 9.13. The molecule has 0 spiro atoms. The van der Waals surface area contributed by atoms with E-state index >= 15 is 0 Å². The van der Waals surface area contributed by atoms with Gasteiger partial charge in [0, 0.05) is 13.0 Å². The van der Waals surface area contributed by atoms with E-state index in [-0.39, 0.29) is 23.4 Å². The summed E-state index contributed by atoms with van der Waals surface area (Å²) in [6.07, 6.45) is -0.161. The van der Waals surface area contributed by atoms with E-state index in [0.29, 0.717) is 11.3 Å². The van der Waals surface area contributed by atoms with E-state index < -0.39 is 21.9 Å². The van der Waals surface area contributed by atoms with Crippen molar-refractivity contribution in [2.24, 2.45) is 5.73 Å². The highest BCUT2D eigenvalue weighted by molar-refractivity contribution is 7.92. The number of carboxylic acid groups (broad SMARTS) is 1. The molecule has 0 unspecified atom stereocenters. The Kier molecular flexibility index (Phi) is 5.43. The lowest BCUT2D eigenvalue weighted by molar-refractivity contribution is -0.117. The van der Waals surface area contributed by atoms with Crippen LogP contribution in [0.1, 0.15) is 22.3 Å². The standard InChI is InChI=1S/C17H18N2O5S/c1-12-7-8-13(17(21)22)11-15(12)25(23,24)19(10-9-16(18)20)14-5-3-2-4-6-14/h2-8,11H,9-10H2,1H3,(H2,18,20)(H,21,22). The van der Waals surface area contributed by atoms with Crippen molar-refractivity contribution in [2.75, 3.05) is 10.8 Å². The molecule has 0 aromatic heterocycles. The predicted octanol–water partition coefficient (Wildman–Crippen LogP) is 1.76. The van der Waals surface area contributed by atoms with Crippen LogP contribution in [0.15, 0.2) is 53.4 Å². The average molecular weight is 362 g/mol. The number of carboxylic acids is 1. The van der Waals surface area contributed by atoms with Crippen LogP contribution in [0.2, 0.25) is 0 Å². The zero-order valence-electron chi connectivity index (χ0n) is 13.5. The highest BCUT2D eigenvalue weighted by Crippen LogP contribution is 2.26. The molecule has 0 heterocycles. The van der Waals surface area contributed by atoms with Gasteiger partial charge in [0.05, 0.1) is 16.1 Å². The van der Waals surface area contributed by atoms with Gasteiger partial charge < -0.3 is 10.8 Å². The SMILES string of the molecule is Cc1ccc(C(=O)O)cc1S(=O)(=O)N(CCC(N)=O)c1ccccc1. The molecule has 0 aliphatic carbocycles. The molecule has 0 aliphatic rings. The van der Waals surface area contributed by atoms with Gasteiger partial charge in [-0.05, 0) is 36.8 Å². The number of rotatable bonds is 7. The number of hydrogen-bond donors (Lipinski definition) is 2. The largest absolute Gasteiger partial charge is 0.478 e. The van der Waals surface area contributed by atoms with Gasteiger partial charge in [-0.25, -0.2) is 13.2 Å². The minimum atomic E-state index is -4.07. The zero-order chi connectivity index (χ0) is 18.6. The molecule has 0 atom stereocenters. The summed E-state index contributed by atoms with van der Waals surface area (Å²) in [5.41, 5.74) is 5.80. The van der Waals surface area contributed by atoms with Gasteiger partial charge in [-0.1, -0.05) is 24.3 Å². The monoisotopic (exact) mass is 362 g/mol. The fourth-order valence-electron chi connectivity index (χ4n) is 2.32. The lowest BCUT2D eigenvalue weighted by atomic mass is 10.1. The second-order valence-electron chi connectivity index (χ2n) is 5.41.